The minimum absolute atomic E-state index is 0.133. The van der Waals surface area contributed by atoms with Gasteiger partial charge in [0.05, 0.1) is 10.6 Å². The summed E-state index contributed by atoms with van der Waals surface area (Å²) in [6.45, 7) is 3.76. The molecule has 1 N–H and O–H groups in total. The molecule has 0 saturated carbocycles. The minimum Gasteiger partial charge on any atom is -0.396 e. The van der Waals surface area contributed by atoms with Gasteiger partial charge < -0.3 is 10.0 Å². The van der Waals surface area contributed by atoms with Crippen molar-refractivity contribution in [2.24, 2.45) is 5.92 Å². The molecule has 5 heteroatoms. The Bertz CT molecular complexity index is 502. The molecule has 1 aromatic carbocycles. The summed E-state index contributed by atoms with van der Waals surface area (Å²) >= 11 is 0. The van der Waals surface area contributed by atoms with Crippen molar-refractivity contribution in [3.8, 4) is 0 Å². The van der Waals surface area contributed by atoms with E-state index in [0.717, 1.165) is 31.6 Å². The normalized spacial score (nSPS) is 17.7. The molecule has 1 heterocycles. The van der Waals surface area contributed by atoms with E-state index in [-0.39, 0.29) is 12.4 Å². The van der Waals surface area contributed by atoms with E-state index in [0.29, 0.717) is 10.8 Å². The Labute approximate surface area is 115 Å². The van der Waals surface area contributed by atoms with E-state index in [1.807, 2.05) is 12.1 Å². The van der Waals surface area contributed by atoms with Gasteiger partial charge in [-0.25, -0.2) is 8.42 Å². The van der Waals surface area contributed by atoms with Gasteiger partial charge in [-0.05, 0) is 43.0 Å². The predicted molar refractivity (Wildman–Crippen MR) is 76.2 cm³/mol. The zero-order valence-electron chi connectivity index (χ0n) is 11.2. The van der Waals surface area contributed by atoms with Gasteiger partial charge in [0.2, 0.25) is 0 Å². The smallest absolute Gasteiger partial charge is 0.178 e. The van der Waals surface area contributed by atoms with Gasteiger partial charge in [0.25, 0.3) is 0 Å². The molecule has 0 unspecified atom stereocenters. The van der Waals surface area contributed by atoms with Crippen molar-refractivity contribution < 1.29 is 13.5 Å². The van der Waals surface area contributed by atoms with E-state index in [2.05, 4.69) is 4.90 Å². The van der Waals surface area contributed by atoms with Gasteiger partial charge in [-0.15, -0.1) is 0 Å². The lowest BCUT2D eigenvalue weighted by Crippen LogP contribution is -2.34. The minimum atomic E-state index is -3.11. The van der Waals surface area contributed by atoms with Crippen molar-refractivity contribution in [3.05, 3.63) is 24.3 Å². The van der Waals surface area contributed by atoms with Crippen LogP contribution >= 0.6 is 0 Å². The number of hydrogen-bond acceptors (Lipinski definition) is 4. The lowest BCUT2D eigenvalue weighted by atomic mass is 9.97. The summed E-state index contributed by atoms with van der Waals surface area (Å²) < 4.78 is 23.5. The molecule has 1 saturated heterocycles. The number of anilines is 1. The maximum Gasteiger partial charge on any atom is 0.178 e. The standard InChI is InChI=1S/C14H21NO3S/c1-2-19(17,18)14-5-3-13(4-6-14)15-9-7-12(11-16)8-10-15/h3-6,12,16H,2,7-11H2,1H3. The Morgan fingerprint density at radius 3 is 2.26 bits per heavy atom. The predicted octanol–water partition coefficient (Wildman–Crippen LogP) is 1.69. The zero-order chi connectivity index (χ0) is 13.9. The average molecular weight is 283 g/mol. The van der Waals surface area contributed by atoms with Gasteiger partial charge in [0.15, 0.2) is 9.84 Å². The van der Waals surface area contributed by atoms with Gasteiger partial charge >= 0.3 is 0 Å². The summed E-state index contributed by atoms with van der Waals surface area (Å²) in [5.41, 5.74) is 1.06. The van der Waals surface area contributed by atoms with Crippen molar-refractivity contribution in [1.82, 2.24) is 0 Å². The number of hydrogen-bond donors (Lipinski definition) is 1. The fourth-order valence-electron chi connectivity index (χ4n) is 2.40. The summed E-state index contributed by atoms with van der Waals surface area (Å²) in [6, 6.07) is 7.13. The second-order valence-corrected chi connectivity index (χ2v) is 7.29. The van der Waals surface area contributed by atoms with Crippen LogP contribution in [0.2, 0.25) is 0 Å². The molecule has 106 valence electrons. The van der Waals surface area contributed by atoms with Crippen LogP contribution in [0.5, 0.6) is 0 Å². The topological polar surface area (TPSA) is 57.6 Å². The summed E-state index contributed by atoms with van der Waals surface area (Å²) in [4.78, 5) is 2.64. The molecule has 0 aliphatic carbocycles. The van der Waals surface area contributed by atoms with Gasteiger partial charge in [0, 0.05) is 25.4 Å². The molecule has 0 bridgehead atoms. The Morgan fingerprint density at radius 1 is 1.21 bits per heavy atom. The monoisotopic (exact) mass is 283 g/mol. The van der Waals surface area contributed by atoms with Crippen molar-refractivity contribution >= 4 is 15.5 Å². The molecule has 0 aromatic heterocycles. The lowest BCUT2D eigenvalue weighted by molar-refractivity contribution is 0.203. The van der Waals surface area contributed by atoms with Crippen LogP contribution in [0.15, 0.2) is 29.2 Å². The Balaban J connectivity index is 2.07. The number of aliphatic hydroxyl groups is 1. The highest BCUT2D eigenvalue weighted by Gasteiger charge is 2.19. The molecule has 0 amide bonds. The Morgan fingerprint density at radius 2 is 1.79 bits per heavy atom. The second-order valence-electron chi connectivity index (χ2n) is 5.01. The van der Waals surface area contributed by atoms with Crippen LogP contribution in [0.1, 0.15) is 19.8 Å². The van der Waals surface area contributed by atoms with E-state index in [9.17, 15) is 8.42 Å². The van der Waals surface area contributed by atoms with Crippen LogP contribution in [-0.4, -0.2) is 39.0 Å². The molecule has 2 rings (SSSR count). The van der Waals surface area contributed by atoms with Crippen LogP contribution in [0.4, 0.5) is 5.69 Å². The lowest BCUT2D eigenvalue weighted by Gasteiger charge is -2.32. The van der Waals surface area contributed by atoms with E-state index < -0.39 is 9.84 Å². The number of benzene rings is 1. The summed E-state index contributed by atoms with van der Waals surface area (Å²) in [5.74, 6) is 0.546. The number of piperidine rings is 1. The number of rotatable bonds is 4. The highest BCUT2D eigenvalue weighted by Crippen LogP contribution is 2.24. The zero-order valence-corrected chi connectivity index (χ0v) is 12.1. The van der Waals surface area contributed by atoms with Gasteiger partial charge in [0.1, 0.15) is 0 Å². The summed E-state index contributed by atoms with van der Waals surface area (Å²) in [6.07, 6.45) is 1.98. The molecular formula is C14H21NO3S. The molecule has 1 aliphatic rings. The van der Waals surface area contributed by atoms with Crippen LogP contribution in [0.25, 0.3) is 0 Å². The molecule has 1 fully saturated rings. The third-order valence-electron chi connectivity index (χ3n) is 3.81. The fourth-order valence-corrected chi connectivity index (χ4v) is 3.29. The molecule has 0 radical (unpaired) electrons. The highest BCUT2D eigenvalue weighted by molar-refractivity contribution is 7.91. The van der Waals surface area contributed by atoms with Crippen LogP contribution < -0.4 is 4.90 Å². The summed E-state index contributed by atoms with van der Waals surface area (Å²) in [7, 11) is -3.11. The average Bonchev–Trinajstić information content (AvgIpc) is 2.47. The first-order chi connectivity index (χ1) is 9.06. The maximum atomic E-state index is 11.7. The SMILES string of the molecule is CCS(=O)(=O)c1ccc(N2CCC(CO)CC2)cc1. The maximum absolute atomic E-state index is 11.7. The Kier molecular flexibility index (Phi) is 4.47. The Hall–Kier alpha value is -1.07. The molecule has 0 atom stereocenters. The van der Waals surface area contributed by atoms with Gasteiger partial charge in [-0.1, -0.05) is 6.92 Å². The van der Waals surface area contributed by atoms with Crippen LogP contribution in [0, 0.1) is 5.92 Å². The molecule has 1 aliphatic heterocycles. The first-order valence-corrected chi connectivity index (χ1v) is 8.40. The third-order valence-corrected chi connectivity index (χ3v) is 5.56. The van der Waals surface area contributed by atoms with Crippen molar-refractivity contribution in [2.45, 2.75) is 24.7 Å². The highest BCUT2D eigenvalue weighted by atomic mass is 32.2. The van der Waals surface area contributed by atoms with E-state index >= 15 is 0 Å². The largest absolute Gasteiger partial charge is 0.396 e. The number of nitrogens with zero attached hydrogens (tertiary/aromatic N) is 1. The quantitative estimate of drug-likeness (QED) is 0.913. The van der Waals surface area contributed by atoms with E-state index in [4.69, 9.17) is 5.11 Å². The summed E-state index contributed by atoms with van der Waals surface area (Å²) in [5, 5.41) is 9.12. The second kappa shape index (κ2) is 5.92. The first-order valence-electron chi connectivity index (χ1n) is 6.75. The fraction of sp³-hybridized carbons (Fsp3) is 0.571. The molecule has 19 heavy (non-hydrogen) atoms. The third kappa shape index (κ3) is 3.28. The molecule has 1 aromatic rings. The molecule has 0 spiro atoms. The van der Waals surface area contributed by atoms with Crippen molar-refractivity contribution in [2.75, 3.05) is 30.3 Å². The number of sulfone groups is 1. The van der Waals surface area contributed by atoms with E-state index in [1.54, 1.807) is 19.1 Å². The van der Waals surface area contributed by atoms with Crippen molar-refractivity contribution in [3.63, 3.8) is 0 Å². The molecule has 4 nitrogen and oxygen atoms in total. The number of aliphatic hydroxyl groups excluding tert-OH is 1. The van der Waals surface area contributed by atoms with Crippen LogP contribution in [0.3, 0.4) is 0 Å². The van der Waals surface area contributed by atoms with Gasteiger partial charge in [-0.3, -0.25) is 0 Å². The molecular weight excluding hydrogens is 262 g/mol. The van der Waals surface area contributed by atoms with Gasteiger partial charge in [-0.2, -0.15) is 0 Å². The van der Waals surface area contributed by atoms with E-state index in [1.165, 1.54) is 0 Å². The van der Waals surface area contributed by atoms with Crippen LogP contribution in [-0.2, 0) is 9.84 Å². The first kappa shape index (κ1) is 14.3. The van der Waals surface area contributed by atoms with Crippen molar-refractivity contribution in [1.29, 1.82) is 0 Å².